The van der Waals surface area contributed by atoms with Gasteiger partial charge in [-0.25, -0.2) is 0 Å². The van der Waals surface area contributed by atoms with E-state index in [9.17, 15) is 9.59 Å². The van der Waals surface area contributed by atoms with E-state index in [1.165, 1.54) is 0 Å². The molecule has 0 bridgehead atoms. The van der Waals surface area contributed by atoms with Crippen LogP contribution in [0.5, 0.6) is 0 Å². The first-order valence-corrected chi connectivity index (χ1v) is 13.7. The Hall–Kier alpha value is -0.226. The Labute approximate surface area is 127 Å². The predicted octanol–water partition coefficient (Wildman–Crippen LogP) is 5.00. The molecule has 0 fully saturated rings. The van der Waals surface area contributed by atoms with Gasteiger partial charge in [-0.15, -0.1) is 0 Å². The predicted molar refractivity (Wildman–Crippen MR) is 93.6 cm³/mol. The molecule has 0 rings (SSSR count). The summed E-state index contributed by atoms with van der Waals surface area (Å²) in [5.74, 6) is 0. The van der Waals surface area contributed by atoms with Crippen molar-refractivity contribution in [2.75, 3.05) is 0 Å². The van der Waals surface area contributed by atoms with Crippen molar-refractivity contribution in [1.29, 1.82) is 0 Å². The summed E-state index contributed by atoms with van der Waals surface area (Å²) in [6.07, 6.45) is 0.944. The molecule has 0 amide bonds. The Morgan fingerprint density at radius 1 is 0.700 bits per heavy atom. The van der Waals surface area contributed by atoms with Crippen LogP contribution >= 0.6 is 0 Å². The van der Waals surface area contributed by atoms with Gasteiger partial charge in [0.25, 0.3) is 0 Å². The van der Waals surface area contributed by atoms with Gasteiger partial charge in [0.05, 0.1) is 0 Å². The SMILES string of the molecule is CC(C)[Si](C(=O)CCC(=O)[Si](C)(C)C)(C(C)C)C(C)C. The van der Waals surface area contributed by atoms with Crippen LogP contribution in [0.4, 0.5) is 0 Å². The highest BCUT2D eigenvalue weighted by Crippen LogP contribution is 2.42. The fraction of sp³-hybridized carbons (Fsp3) is 0.875. The summed E-state index contributed by atoms with van der Waals surface area (Å²) >= 11 is 0. The van der Waals surface area contributed by atoms with E-state index in [2.05, 4.69) is 61.2 Å². The minimum atomic E-state index is -2.03. The van der Waals surface area contributed by atoms with Gasteiger partial charge in [-0.05, 0) is 16.6 Å². The van der Waals surface area contributed by atoms with E-state index in [1.54, 1.807) is 0 Å². The molecule has 0 saturated carbocycles. The molecule has 0 saturated heterocycles. The molecule has 20 heavy (non-hydrogen) atoms. The van der Waals surface area contributed by atoms with Gasteiger partial charge in [0.15, 0.2) is 0 Å². The molecule has 0 atom stereocenters. The summed E-state index contributed by atoms with van der Waals surface area (Å²) in [4.78, 5) is 25.1. The summed E-state index contributed by atoms with van der Waals surface area (Å²) in [6.45, 7) is 19.4. The van der Waals surface area contributed by atoms with Crippen LogP contribution in [0.1, 0.15) is 54.4 Å². The van der Waals surface area contributed by atoms with Gasteiger partial charge in [-0.3, -0.25) is 0 Å². The molecule has 0 unspecified atom stereocenters. The van der Waals surface area contributed by atoms with Gasteiger partial charge in [0, 0.05) is 12.8 Å². The summed E-state index contributed by atoms with van der Waals surface area (Å²) in [7, 11) is -3.78. The third kappa shape index (κ3) is 4.14. The zero-order valence-corrected chi connectivity index (χ0v) is 17.0. The molecule has 0 aliphatic rings. The smallest absolute Gasteiger partial charge is 0.140 e. The second-order valence-electron chi connectivity index (χ2n) is 7.99. The maximum Gasteiger partial charge on any atom is 0.140 e. The molecule has 0 aliphatic heterocycles. The highest BCUT2D eigenvalue weighted by atomic mass is 28.3. The summed E-state index contributed by atoms with van der Waals surface area (Å²) in [6, 6.07) is 0. The molecular weight excluding hydrogens is 280 g/mol. The van der Waals surface area contributed by atoms with Crippen LogP contribution < -0.4 is 0 Å². The summed E-state index contributed by atoms with van der Waals surface area (Å²) < 4.78 is 0. The first-order chi connectivity index (χ1) is 8.88. The van der Waals surface area contributed by atoms with Crippen LogP contribution in [0.2, 0.25) is 36.3 Å². The third-order valence-electron chi connectivity index (χ3n) is 4.76. The monoisotopic (exact) mass is 314 g/mol. The molecule has 0 spiro atoms. The molecule has 0 N–H and O–H groups in total. The molecule has 2 nitrogen and oxygen atoms in total. The minimum absolute atomic E-state index is 0.338. The van der Waals surface area contributed by atoms with Crippen LogP contribution in [0, 0.1) is 0 Å². The first kappa shape index (κ1) is 19.8. The van der Waals surface area contributed by atoms with E-state index in [0.717, 1.165) is 0 Å². The average molecular weight is 315 g/mol. The number of hydrogen-bond donors (Lipinski definition) is 0. The highest BCUT2D eigenvalue weighted by Gasteiger charge is 2.48. The highest BCUT2D eigenvalue weighted by molar-refractivity contribution is 7.09. The number of hydrogen-bond acceptors (Lipinski definition) is 2. The van der Waals surface area contributed by atoms with Crippen molar-refractivity contribution < 1.29 is 9.59 Å². The normalized spacial score (nSPS) is 13.4. The van der Waals surface area contributed by atoms with Crippen molar-refractivity contribution in [1.82, 2.24) is 0 Å². The van der Waals surface area contributed by atoms with Crippen molar-refractivity contribution >= 4 is 27.0 Å². The lowest BCUT2D eigenvalue weighted by Crippen LogP contribution is -2.53. The van der Waals surface area contributed by atoms with Crippen molar-refractivity contribution in [3.63, 3.8) is 0 Å². The maximum atomic E-state index is 12.9. The third-order valence-corrected chi connectivity index (χ3v) is 13.6. The lowest BCUT2D eigenvalue weighted by molar-refractivity contribution is -0.117. The Balaban J connectivity index is 5.15. The van der Waals surface area contributed by atoms with Crippen LogP contribution in [0.15, 0.2) is 0 Å². The average Bonchev–Trinajstić information content (AvgIpc) is 2.23. The van der Waals surface area contributed by atoms with E-state index in [1.807, 2.05) is 0 Å². The molecular formula is C16H34O2Si2. The molecule has 0 aromatic heterocycles. The first-order valence-electron chi connectivity index (χ1n) is 7.95. The van der Waals surface area contributed by atoms with E-state index < -0.39 is 16.1 Å². The van der Waals surface area contributed by atoms with Crippen molar-refractivity contribution in [3.05, 3.63) is 0 Å². The van der Waals surface area contributed by atoms with Gasteiger partial charge < -0.3 is 9.59 Å². The zero-order valence-electron chi connectivity index (χ0n) is 15.0. The largest absolute Gasteiger partial charge is 0.305 e. The van der Waals surface area contributed by atoms with Gasteiger partial charge in [-0.1, -0.05) is 61.2 Å². The van der Waals surface area contributed by atoms with Crippen LogP contribution in [0.25, 0.3) is 0 Å². The van der Waals surface area contributed by atoms with Crippen molar-refractivity contribution in [2.24, 2.45) is 0 Å². The molecule has 0 radical (unpaired) electrons. The fourth-order valence-corrected chi connectivity index (χ4v) is 11.1. The lowest BCUT2D eigenvalue weighted by Gasteiger charge is -2.41. The van der Waals surface area contributed by atoms with E-state index in [4.69, 9.17) is 0 Å². The minimum Gasteiger partial charge on any atom is -0.305 e. The van der Waals surface area contributed by atoms with Gasteiger partial charge in [-0.2, -0.15) is 0 Å². The van der Waals surface area contributed by atoms with Gasteiger partial charge in [0.2, 0.25) is 0 Å². The molecule has 0 heterocycles. The fourth-order valence-electron chi connectivity index (χ4n) is 3.78. The van der Waals surface area contributed by atoms with Crippen molar-refractivity contribution in [2.45, 2.75) is 90.6 Å². The zero-order chi connectivity index (χ0) is 16.3. The Morgan fingerprint density at radius 2 is 1.00 bits per heavy atom. The standard InChI is InChI=1S/C16H34O2Si2/c1-12(2)20(13(3)4,14(5)6)16(18)11-10-15(17)19(7,8)9/h12-14H,10-11H2,1-9H3. The lowest BCUT2D eigenvalue weighted by atomic mass is 10.3. The summed E-state index contributed by atoms with van der Waals surface area (Å²) in [5, 5.41) is 0.758. The second-order valence-corrected chi connectivity index (χ2v) is 18.9. The second kappa shape index (κ2) is 7.16. The van der Waals surface area contributed by atoms with E-state index in [-0.39, 0.29) is 0 Å². The summed E-state index contributed by atoms with van der Waals surface area (Å²) in [5.41, 5.74) is 1.32. The topological polar surface area (TPSA) is 34.1 Å². The molecule has 0 aromatic rings. The molecule has 118 valence electrons. The number of carbonyl (C=O) groups is 2. The Bertz CT molecular complexity index is 330. The Morgan fingerprint density at radius 3 is 1.25 bits per heavy atom. The van der Waals surface area contributed by atoms with E-state index >= 15 is 0 Å². The van der Waals surface area contributed by atoms with Crippen LogP contribution in [-0.2, 0) is 9.59 Å². The number of carbonyl (C=O) groups excluding carboxylic acids is 2. The quantitative estimate of drug-likeness (QED) is 0.591. The van der Waals surface area contributed by atoms with Crippen LogP contribution in [-0.4, -0.2) is 27.0 Å². The van der Waals surface area contributed by atoms with Gasteiger partial charge in [0.1, 0.15) is 27.0 Å². The van der Waals surface area contributed by atoms with Crippen LogP contribution in [0.3, 0.4) is 0 Å². The Kier molecular flexibility index (Phi) is 7.08. The number of rotatable bonds is 8. The maximum absolute atomic E-state index is 12.9. The van der Waals surface area contributed by atoms with Gasteiger partial charge >= 0.3 is 0 Å². The molecule has 0 aromatic carbocycles. The molecule has 0 aliphatic carbocycles. The van der Waals surface area contributed by atoms with Crippen molar-refractivity contribution in [3.8, 4) is 0 Å². The molecule has 4 heteroatoms. The van der Waals surface area contributed by atoms with E-state index in [0.29, 0.717) is 40.3 Å².